The number of carbonyl (C=O) groups is 1. The van der Waals surface area contributed by atoms with Gasteiger partial charge < -0.3 is 19.8 Å². The van der Waals surface area contributed by atoms with Crippen molar-refractivity contribution >= 4 is 29.1 Å². The average Bonchev–Trinajstić information content (AvgIpc) is 2.38. The van der Waals surface area contributed by atoms with E-state index in [2.05, 4.69) is 0 Å². The zero-order chi connectivity index (χ0) is 14.0. The van der Waals surface area contributed by atoms with Crippen LogP contribution >= 0.6 is 23.2 Å². The minimum absolute atomic E-state index is 0.0299. The number of morpholine rings is 1. The Morgan fingerprint density at radius 3 is 2.84 bits per heavy atom. The number of phenolic OH excluding ortho intramolecular Hbond substituents is 1. The zero-order valence-corrected chi connectivity index (χ0v) is 11.5. The minimum Gasteiger partial charge on any atom is -0.508 e. The molecule has 1 aromatic carbocycles. The number of halogens is 2. The Balaban J connectivity index is 2.27. The third-order valence-electron chi connectivity index (χ3n) is 2.95. The number of β-amino-alcohol motifs (C(OH)–C–C–N with tert-alkyl or cyclic N) is 1. The Kier molecular flexibility index (Phi) is 4.52. The molecule has 0 unspecified atom stereocenters. The number of aliphatic hydroxyl groups is 1. The first kappa shape index (κ1) is 14.4. The number of hydrogen-bond donors (Lipinski definition) is 2. The number of benzene rings is 1. The van der Waals surface area contributed by atoms with Crippen molar-refractivity contribution in [3.8, 4) is 5.75 Å². The summed E-state index contributed by atoms with van der Waals surface area (Å²) in [4.78, 5) is 13.0. The van der Waals surface area contributed by atoms with Crippen LogP contribution in [0.4, 0.5) is 0 Å². The smallest absolute Gasteiger partial charge is 0.248 e. The molecular formula is C12H13Cl2NO4. The third kappa shape index (κ3) is 2.95. The van der Waals surface area contributed by atoms with Gasteiger partial charge in [0.2, 0.25) is 5.91 Å². The van der Waals surface area contributed by atoms with Gasteiger partial charge in [-0.15, -0.1) is 0 Å². The minimum atomic E-state index is -0.560. The molecule has 1 fully saturated rings. The van der Waals surface area contributed by atoms with Gasteiger partial charge in [0.15, 0.2) is 0 Å². The van der Waals surface area contributed by atoms with E-state index in [0.29, 0.717) is 10.6 Å². The van der Waals surface area contributed by atoms with E-state index in [1.807, 2.05) is 0 Å². The van der Waals surface area contributed by atoms with Crippen LogP contribution < -0.4 is 0 Å². The number of phenols is 1. The number of aliphatic hydroxyl groups excluding tert-OH is 1. The van der Waals surface area contributed by atoms with Crippen molar-refractivity contribution in [1.82, 2.24) is 4.90 Å². The van der Waals surface area contributed by atoms with Crippen LogP contribution in [0.2, 0.25) is 10.0 Å². The standard InChI is InChI=1S/C12H13Cl2NO4/c13-7-1-2-8(17)11(12(7)14)9-5-15(3-4-16)10(18)6-19-9/h1-2,9,16-17H,3-6H2/t9-/m1/s1. The first-order chi connectivity index (χ1) is 9.04. The second-order valence-electron chi connectivity index (χ2n) is 4.16. The van der Waals surface area contributed by atoms with Crippen LogP contribution in [0.3, 0.4) is 0 Å². The lowest BCUT2D eigenvalue weighted by atomic mass is 10.1. The highest BCUT2D eigenvalue weighted by atomic mass is 35.5. The maximum Gasteiger partial charge on any atom is 0.248 e. The summed E-state index contributed by atoms with van der Waals surface area (Å²) in [5.74, 6) is -0.236. The summed E-state index contributed by atoms with van der Waals surface area (Å²) in [5, 5.41) is 19.3. The molecule has 0 radical (unpaired) electrons. The molecule has 19 heavy (non-hydrogen) atoms. The van der Waals surface area contributed by atoms with E-state index in [0.717, 1.165) is 0 Å². The lowest BCUT2D eigenvalue weighted by Gasteiger charge is -2.33. The van der Waals surface area contributed by atoms with Crippen LogP contribution in [0.15, 0.2) is 12.1 Å². The molecule has 1 saturated heterocycles. The molecule has 104 valence electrons. The van der Waals surface area contributed by atoms with Crippen molar-refractivity contribution in [2.45, 2.75) is 6.10 Å². The normalized spacial score (nSPS) is 19.8. The summed E-state index contributed by atoms with van der Waals surface area (Å²) in [6, 6.07) is 2.92. The number of hydrogen-bond acceptors (Lipinski definition) is 4. The molecule has 7 heteroatoms. The fourth-order valence-corrected chi connectivity index (χ4v) is 2.44. The lowest BCUT2D eigenvalue weighted by molar-refractivity contribution is -0.150. The van der Waals surface area contributed by atoms with E-state index in [9.17, 15) is 9.90 Å². The van der Waals surface area contributed by atoms with Crippen molar-refractivity contribution in [3.63, 3.8) is 0 Å². The van der Waals surface area contributed by atoms with Gasteiger partial charge in [0.1, 0.15) is 18.5 Å². The molecule has 1 heterocycles. The third-order valence-corrected chi connectivity index (χ3v) is 3.77. The first-order valence-electron chi connectivity index (χ1n) is 5.71. The SMILES string of the molecule is O=C1CO[C@@H](c2c(O)ccc(Cl)c2Cl)CN1CCO. The molecule has 2 rings (SSSR count). The van der Waals surface area contributed by atoms with Crippen LogP contribution in [0.25, 0.3) is 0 Å². The molecule has 0 spiro atoms. The molecule has 2 N–H and O–H groups in total. The number of aromatic hydroxyl groups is 1. The molecule has 0 aliphatic carbocycles. The van der Waals surface area contributed by atoms with Gasteiger partial charge in [-0.3, -0.25) is 4.79 Å². The molecule has 0 saturated carbocycles. The topological polar surface area (TPSA) is 70.0 Å². The van der Waals surface area contributed by atoms with Gasteiger partial charge in [-0.05, 0) is 12.1 Å². The second kappa shape index (κ2) is 5.96. The van der Waals surface area contributed by atoms with Crippen molar-refractivity contribution in [2.75, 3.05) is 26.3 Å². The quantitative estimate of drug-likeness (QED) is 0.890. The Labute approximate surface area is 120 Å². The van der Waals surface area contributed by atoms with Gasteiger partial charge in [0, 0.05) is 12.1 Å². The van der Waals surface area contributed by atoms with Crippen LogP contribution in [0.1, 0.15) is 11.7 Å². The number of rotatable bonds is 3. The van der Waals surface area contributed by atoms with Gasteiger partial charge in [0.25, 0.3) is 0 Å². The highest BCUT2D eigenvalue weighted by Gasteiger charge is 2.30. The van der Waals surface area contributed by atoms with Gasteiger partial charge in [0.05, 0.1) is 23.2 Å². The van der Waals surface area contributed by atoms with Crippen molar-refractivity contribution < 1.29 is 19.7 Å². The first-order valence-corrected chi connectivity index (χ1v) is 6.47. The average molecular weight is 306 g/mol. The Bertz CT molecular complexity index is 495. The van der Waals surface area contributed by atoms with Crippen LogP contribution in [0, 0.1) is 0 Å². The predicted molar refractivity (Wildman–Crippen MR) is 70.5 cm³/mol. The van der Waals surface area contributed by atoms with E-state index >= 15 is 0 Å². The summed E-state index contributed by atoms with van der Waals surface area (Å²) in [6.45, 7) is 0.186. The Morgan fingerprint density at radius 2 is 2.16 bits per heavy atom. The fraction of sp³-hybridized carbons (Fsp3) is 0.417. The number of nitrogens with zero attached hydrogens (tertiary/aromatic N) is 1. The summed E-state index contributed by atoms with van der Waals surface area (Å²) in [5.41, 5.74) is 0.365. The van der Waals surface area contributed by atoms with Gasteiger partial charge in [-0.25, -0.2) is 0 Å². The highest BCUT2D eigenvalue weighted by Crippen LogP contribution is 2.39. The maximum atomic E-state index is 11.6. The maximum absolute atomic E-state index is 11.6. The summed E-state index contributed by atoms with van der Waals surface area (Å²) in [6.07, 6.45) is -0.560. The molecule has 1 amide bonds. The van der Waals surface area contributed by atoms with Crippen molar-refractivity contribution in [2.24, 2.45) is 0 Å². The fourth-order valence-electron chi connectivity index (χ4n) is 1.99. The predicted octanol–water partition coefficient (Wildman–Crippen LogP) is 1.59. The molecular weight excluding hydrogens is 293 g/mol. The Morgan fingerprint density at radius 1 is 1.42 bits per heavy atom. The van der Waals surface area contributed by atoms with E-state index in [4.69, 9.17) is 33.0 Å². The summed E-state index contributed by atoms with van der Waals surface area (Å²) >= 11 is 12.0. The van der Waals surface area contributed by atoms with Gasteiger partial charge in [-0.1, -0.05) is 23.2 Å². The van der Waals surface area contributed by atoms with Crippen molar-refractivity contribution in [1.29, 1.82) is 0 Å². The Hall–Kier alpha value is -1.01. The number of carbonyl (C=O) groups excluding carboxylic acids is 1. The molecule has 1 aliphatic rings. The molecule has 0 bridgehead atoms. The molecule has 5 nitrogen and oxygen atoms in total. The monoisotopic (exact) mass is 305 g/mol. The number of ether oxygens (including phenoxy) is 1. The van der Waals surface area contributed by atoms with Crippen LogP contribution in [-0.2, 0) is 9.53 Å². The summed E-state index contributed by atoms with van der Waals surface area (Å²) in [7, 11) is 0. The lowest BCUT2D eigenvalue weighted by Crippen LogP contribution is -2.44. The van der Waals surface area contributed by atoms with E-state index in [1.165, 1.54) is 17.0 Å². The van der Waals surface area contributed by atoms with E-state index in [-0.39, 0.29) is 43.0 Å². The largest absolute Gasteiger partial charge is 0.508 e. The van der Waals surface area contributed by atoms with Crippen molar-refractivity contribution in [3.05, 3.63) is 27.7 Å². The molecule has 1 aromatic rings. The summed E-state index contributed by atoms with van der Waals surface area (Å²) < 4.78 is 5.39. The van der Waals surface area contributed by atoms with E-state index in [1.54, 1.807) is 0 Å². The molecule has 1 atom stereocenters. The zero-order valence-electron chi connectivity index (χ0n) is 9.97. The highest BCUT2D eigenvalue weighted by molar-refractivity contribution is 6.42. The van der Waals surface area contributed by atoms with Crippen LogP contribution in [-0.4, -0.2) is 47.3 Å². The van der Waals surface area contributed by atoms with Crippen LogP contribution in [0.5, 0.6) is 5.75 Å². The molecule has 0 aromatic heterocycles. The second-order valence-corrected chi connectivity index (χ2v) is 4.94. The van der Waals surface area contributed by atoms with Gasteiger partial charge >= 0.3 is 0 Å². The molecule has 1 aliphatic heterocycles. The number of amides is 1. The van der Waals surface area contributed by atoms with Gasteiger partial charge in [-0.2, -0.15) is 0 Å². The van der Waals surface area contributed by atoms with E-state index < -0.39 is 6.10 Å².